The van der Waals surface area contributed by atoms with Crippen LogP contribution in [-0.4, -0.2) is 49.3 Å². The molecule has 1 aromatic rings. The van der Waals surface area contributed by atoms with Crippen molar-refractivity contribution in [1.29, 1.82) is 0 Å². The number of carbonyl (C=O) groups is 4. The third kappa shape index (κ3) is 3.93. The Hall–Kier alpha value is -2.13. The van der Waals surface area contributed by atoms with Crippen LogP contribution in [0.5, 0.6) is 0 Å². The molecule has 1 N–H and O–H groups in total. The summed E-state index contributed by atoms with van der Waals surface area (Å²) in [4.78, 5) is 48.5. The maximum absolute atomic E-state index is 11.4. The first-order chi connectivity index (χ1) is 8.99. The van der Waals surface area contributed by atoms with Crippen molar-refractivity contribution in [3.05, 3.63) is 11.1 Å². The zero-order chi connectivity index (χ0) is 14.4. The number of Topliss-reactive ketones (excluding diaryl/α,β-unsaturated/α-hetero) is 2. The Kier molecular flexibility index (Phi) is 5.27. The van der Waals surface area contributed by atoms with E-state index in [0.29, 0.717) is 0 Å². The van der Waals surface area contributed by atoms with E-state index in [9.17, 15) is 19.2 Å². The molecule has 0 aliphatic heterocycles. The van der Waals surface area contributed by atoms with Crippen LogP contribution in [0.4, 0.5) is 5.13 Å². The Labute approximate surface area is 111 Å². The first-order valence-corrected chi connectivity index (χ1v) is 5.78. The highest BCUT2D eigenvalue weighted by Gasteiger charge is 2.21. The van der Waals surface area contributed by atoms with Gasteiger partial charge < -0.3 is 9.47 Å². The lowest BCUT2D eigenvalue weighted by Gasteiger charge is -1.99. The van der Waals surface area contributed by atoms with Gasteiger partial charge in [-0.25, -0.2) is 9.78 Å². The molecule has 1 amide bonds. The average Bonchev–Trinajstić information content (AvgIpc) is 2.85. The molecular formula is C10H10N2O6S. The summed E-state index contributed by atoms with van der Waals surface area (Å²) in [7, 11) is 2.35. The summed E-state index contributed by atoms with van der Waals surface area (Å²) < 4.78 is 8.75. The van der Waals surface area contributed by atoms with Crippen molar-refractivity contribution >= 4 is 39.9 Å². The second kappa shape index (κ2) is 6.71. The minimum Gasteiger partial charge on any atom is -0.463 e. The first kappa shape index (κ1) is 14.9. The molecule has 0 unspecified atom stereocenters. The van der Waals surface area contributed by atoms with E-state index in [1.165, 1.54) is 12.5 Å². The number of ether oxygens (including phenoxy) is 2. The molecule has 0 atom stereocenters. The molecule has 9 heteroatoms. The molecule has 0 bridgehead atoms. The van der Waals surface area contributed by atoms with Crippen molar-refractivity contribution < 1.29 is 28.7 Å². The van der Waals surface area contributed by atoms with Crippen LogP contribution in [0.25, 0.3) is 0 Å². The fourth-order valence-corrected chi connectivity index (χ4v) is 1.68. The predicted octanol–water partition coefficient (Wildman–Crippen LogP) is -0.347. The third-order valence-electron chi connectivity index (χ3n) is 1.86. The number of nitrogens with zero attached hydrogens (tertiary/aromatic N) is 1. The van der Waals surface area contributed by atoms with Gasteiger partial charge in [0, 0.05) is 12.5 Å². The molecule has 0 aliphatic rings. The number of anilines is 1. The molecule has 0 aromatic carbocycles. The minimum absolute atomic E-state index is 0.0294. The largest absolute Gasteiger partial charge is 0.463 e. The van der Waals surface area contributed by atoms with E-state index in [1.54, 1.807) is 0 Å². The van der Waals surface area contributed by atoms with E-state index >= 15 is 0 Å². The quantitative estimate of drug-likeness (QED) is 0.432. The maximum atomic E-state index is 11.4. The van der Waals surface area contributed by atoms with Gasteiger partial charge >= 0.3 is 5.97 Å². The number of nitrogens with one attached hydrogen (secondary N) is 1. The molecule has 8 nitrogen and oxygen atoms in total. The molecule has 1 heterocycles. The Bertz CT molecular complexity index is 524. The molecule has 0 radical (unpaired) electrons. The Balaban J connectivity index is 2.70. The number of thiazole rings is 1. The first-order valence-electron chi connectivity index (χ1n) is 4.91. The summed E-state index contributed by atoms with van der Waals surface area (Å²) in [6.07, 6.45) is 0. The Morgan fingerprint density at radius 3 is 2.58 bits per heavy atom. The van der Waals surface area contributed by atoms with Crippen molar-refractivity contribution in [3.8, 4) is 0 Å². The van der Waals surface area contributed by atoms with Crippen LogP contribution < -0.4 is 5.32 Å². The van der Waals surface area contributed by atoms with Gasteiger partial charge in [0.15, 0.2) is 5.13 Å². The summed E-state index contributed by atoms with van der Waals surface area (Å²) >= 11 is 0.905. The molecule has 0 fully saturated rings. The van der Waals surface area contributed by atoms with Crippen LogP contribution in [0, 0.1) is 0 Å². The minimum atomic E-state index is -1.06. The lowest BCUT2D eigenvalue weighted by Crippen LogP contribution is -2.26. The van der Waals surface area contributed by atoms with Crippen molar-refractivity contribution in [2.45, 2.75) is 0 Å². The lowest BCUT2D eigenvalue weighted by molar-refractivity contribution is -0.137. The normalized spacial score (nSPS) is 9.79. The summed E-state index contributed by atoms with van der Waals surface area (Å²) in [6, 6.07) is 0. The second-order valence-corrected chi connectivity index (χ2v) is 4.03. The number of aromatic nitrogens is 1. The summed E-state index contributed by atoms with van der Waals surface area (Å²) in [6.45, 7) is -0.356. The van der Waals surface area contributed by atoms with Crippen molar-refractivity contribution in [3.63, 3.8) is 0 Å². The van der Waals surface area contributed by atoms with Gasteiger partial charge in [0.05, 0.1) is 7.11 Å². The standard InChI is InChI=1S/C10H10N2O6S/c1-17-3-6(13)8(15)12-10-11-5(4-19-10)7(14)9(16)18-2/h4H,3H2,1-2H3,(H,11,12,15). The van der Waals surface area contributed by atoms with Crippen molar-refractivity contribution in [2.24, 2.45) is 0 Å². The van der Waals surface area contributed by atoms with Crippen LogP contribution in [0.2, 0.25) is 0 Å². The molecule has 1 rings (SSSR count). The SMILES string of the molecule is COCC(=O)C(=O)Nc1nc(C(=O)C(=O)OC)cs1. The molecule has 1 aromatic heterocycles. The number of hydrogen-bond donors (Lipinski definition) is 1. The maximum Gasteiger partial charge on any atom is 0.381 e. The number of carbonyl (C=O) groups excluding carboxylic acids is 4. The van der Waals surface area contributed by atoms with E-state index < -0.39 is 23.4 Å². The van der Waals surface area contributed by atoms with Gasteiger partial charge in [-0.2, -0.15) is 0 Å². The molecule has 0 spiro atoms. The number of ketones is 2. The highest BCUT2D eigenvalue weighted by Crippen LogP contribution is 2.16. The lowest BCUT2D eigenvalue weighted by atomic mass is 10.3. The molecule has 0 saturated carbocycles. The molecule has 102 valence electrons. The van der Waals surface area contributed by atoms with E-state index in [4.69, 9.17) is 0 Å². The molecule has 0 saturated heterocycles. The summed E-state index contributed by atoms with van der Waals surface area (Å²) in [5.74, 6) is -3.67. The predicted molar refractivity (Wildman–Crippen MR) is 64.0 cm³/mol. The van der Waals surface area contributed by atoms with Gasteiger partial charge in [-0.3, -0.25) is 19.7 Å². The van der Waals surface area contributed by atoms with E-state index in [-0.39, 0.29) is 17.4 Å². The number of methoxy groups -OCH3 is 2. The van der Waals surface area contributed by atoms with Crippen LogP contribution >= 0.6 is 11.3 Å². The molecule has 0 aliphatic carbocycles. The van der Waals surface area contributed by atoms with Crippen molar-refractivity contribution in [2.75, 3.05) is 26.1 Å². The van der Waals surface area contributed by atoms with Crippen LogP contribution in [0.15, 0.2) is 5.38 Å². The van der Waals surface area contributed by atoms with Gasteiger partial charge in [0.2, 0.25) is 5.78 Å². The Morgan fingerprint density at radius 1 is 1.32 bits per heavy atom. The topological polar surface area (TPSA) is 112 Å². The van der Waals surface area contributed by atoms with Crippen LogP contribution in [0.3, 0.4) is 0 Å². The van der Waals surface area contributed by atoms with Crippen molar-refractivity contribution in [1.82, 2.24) is 4.98 Å². The number of amides is 1. The fraction of sp³-hybridized carbons (Fsp3) is 0.300. The van der Waals surface area contributed by atoms with Gasteiger partial charge in [-0.05, 0) is 0 Å². The zero-order valence-corrected chi connectivity index (χ0v) is 10.9. The summed E-state index contributed by atoms with van der Waals surface area (Å²) in [5, 5.41) is 3.50. The van der Waals surface area contributed by atoms with Gasteiger partial charge in [-0.1, -0.05) is 0 Å². The van der Waals surface area contributed by atoms with E-state index in [0.717, 1.165) is 18.4 Å². The highest BCUT2D eigenvalue weighted by atomic mass is 32.1. The number of esters is 1. The Morgan fingerprint density at radius 2 is 2.00 bits per heavy atom. The average molecular weight is 286 g/mol. The third-order valence-corrected chi connectivity index (χ3v) is 2.61. The zero-order valence-electron chi connectivity index (χ0n) is 10.1. The van der Waals surface area contributed by atoms with Gasteiger partial charge in [0.1, 0.15) is 12.3 Å². The highest BCUT2D eigenvalue weighted by molar-refractivity contribution is 7.14. The number of hydrogen-bond acceptors (Lipinski definition) is 8. The summed E-state index contributed by atoms with van der Waals surface area (Å²) in [5.41, 5.74) is -0.161. The monoisotopic (exact) mass is 286 g/mol. The second-order valence-electron chi connectivity index (χ2n) is 3.17. The van der Waals surface area contributed by atoms with E-state index in [1.807, 2.05) is 0 Å². The molecular weight excluding hydrogens is 276 g/mol. The number of rotatable bonds is 6. The fourth-order valence-electron chi connectivity index (χ4n) is 0.996. The van der Waals surface area contributed by atoms with Gasteiger partial charge in [-0.15, -0.1) is 11.3 Å². The van der Waals surface area contributed by atoms with Crippen LogP contribution in [-0.2, 0) is 23.9 Å². The van der Waals surface area contributed by atoms with Gasteiger partial charge in [0.25, 0.3) is 11.7 Å². The molecule has 19 heavy (non-hydrogen) atoms. The smallest absolute Gasteiger partial charge is 0.381 e. The van der Waals surface area contributed by atoms with E-state index in [2.05, 4.69) is 19.8 Å². The van der Waals surface area contributed by atoms with Crippen LogP contribution in [0.1, 0.15) is 10.5 Å².